The highest BCUT2D eigenvalue weighted by atomic mass is 35.5. The lowest BCUT2D eigenvalue weighted by Gasteiger charge is -2.38. The highest BCUT2D eigenvalue weighted by molar-refractivity contribution is 6.35. The van der Waals surface area contributed by atoms with Crippen LogP contribution in [0.1, 0.15) is 30.8 Å². The first-order valence-corrected chi connectivity index (χ1v) is 11.0. The van der Waals surface area contributed by atoms with E-state index >= 15 is 0 Å². The summed E-state index contributed by atoms with van der Waals surface area (Å²) in [5.41, 5.74) is 8.02. The van der Waals surface area contributed by atoms with Crippen LogP contribution in [-0.4, -0.2) is 47.8 Å². The van der Waals surface area contributed by atoms with E-state index in [4.69, 9.17) is 27.1 Å². The van der Waals surface area contributed by atoms with Gasteiger partial charge in [-0.2, -0.15) is 0 Å². The molecule has 1 aromatic heterocycles. The van der Waals surface area contributed by atoms with Crippen molar-refractivity contribution in [2.24, 2.45) is 5.73 Å². The second-order valence-corrected chi connectivity index (χ2v) is 8.22. The SMILES string of the molecule is CCC(N)c1nc2cccc(Cl)c2c(=O)n1N1CCN(Cc2ccc(OC)cc2)CC1. The quantitative estimate of drug-likeness (QED) is 0.633. The van der Waals surface area contributed by atoms with Gasteiger partial charge in [-0.25, -0.2) is 9.66 Å². The Balaban J connectivity index is 1.58. The van der Waals surface area contributed by atoms with Crippen molar-refractivity contribution in [3.8, 4) is 5.75 Å². The summed E-state index contributed by atoms with van der Waals surface area (Å²) in [6.07, 6.45) is 0.690. The molecule has 0 aliphatic carbocycles. The van der Waals surface area contributed by atoms with E-state index in [0.717, 1.165) is 25.4 Å². The zero-order chi connectivity index (χ0) is 22.0. The van der Waals surface area contributed by atoms with Gasteiger partial charge < -0.3 is 15.5 Å². The Kier molecular flexibility index (Phi) is 6.46. The Morgan fingerprint density at radius 3 is 2.48 bits per heavy atom. The molecule has 7 nitrogen and oxygen atoms in total. The van der Waals surface area contributed by atoms with Crippen LogP contribution in [-0.2, 0) is 6.54 Å². The Hall–Kier alpha value is -2.61. The fraction of sp³-hybridized carbons (Fsp3) is 0.391. The van der Waals surface area contributed by atoms with Gasteiger partial charge >= 0.3 is 0 Å². The van der Waals surface area contributed by atoms with E-state index in [1.54, 1.807) is 23.9 Å². The number of aromatic nitrogens is 2. The molecule has 1 saturated heterocycles. The Bertz CT molecular complexity index is 1110. The number of nitrogens with two attached hydrogens (primary N) is 1. The van der Waals surface area contributed by atoms with Crippen LogP contribution in [0.15, 0.2) is 47.3 Å². The van der Waals surface area contributed by atoms with Gasteiger partial charge in [-0.3, -0.25) is 9.69 Å². The van der Waals surface area contributed by atoms with Crippen LogP contribution in [0, 0.1) is 0 Å². The van der Waals surface area contributed by atoms with Crippen LogP contribution in [0.2, 0.25) is 5.02 Å². The number of nitrogens with zero attached hydrogens (tertiary/aromatic N) is 4. The van der Waals surface area contributed by atoms with Gasteiger partial charge in [-0.15, -0.1) is 0 Å². The topological polar surface area (TPSA) is 76.6 Å². The predicted molar refractivity (Wildman–Crippen MR) is 124 cm³/mol. The number of methoxy groups -OCH3 is 1. The van der Waals surface area contributed by atoms with Crippen molar-refractivity contribution in [3.63, 3.8) is 0 Å². The zero-order valence-electron chi connectivity index (χ0n) is 17.9. The normalized spacial score (nSPS) is 15.9. The summed E-state index contributed by atoms with van der Waals surface area (Å²) in [4.78, 5) is 20.5. The molecule has 2 heterocycles. The van der Waals surface area contributed by atoms with Crippen molar-refractivity contribution in [2.45, 2.75) is 25.9 Å². The van der Waals surface area contributed by atoms with E-state index < -0.39 is 0 Å². The largest absolute Gasteiger partial charge is 0.497 e. The average molecular weight is 442 g/mol. The molecule has 8 heteroatoms. The molecule has 0 amide bonds. The van der Waals surface area contributed by atoms with Gasteiger partial charge in [-0.1, -0.05) is 36.7 Å². The molecular weight excluding hydrogens is 414 g/mol. The van der Waals surface area contributed by atoms with Crippen LogP contribution in [0.3, 0.4) is 0 Å². The summed E-state index contributed by atoms with van der Waals surface area (Å²) < 4.78 is 6.89. The predicted octanol–water partition coefficient (Wildman–Crippen LogP) is 2.92. The molecule has 0 radical (unpaired) electrons. The summed E-state index contributed by atoms with van der Waals surface area (Å²) in [5.74, 6) is 1.45. The van der Waals surface area contributed by atoms with Gasteiger partial charge in [0, 0.05) is 32.7 Å². The number of rotatable bonds is 6. The van der Waals surface area contributed by atoms with E-state index in [1.807, 2.05) is 30.1 Å². The second kappa shape index (κ2) is 9.26. The summed E-state index contributed by atoms with van der Waals surface area (Å²) in [6, 6.07) is 13.2. The third-order valence-corrected chi connectivity index (χ3v) is 6.13. The summed E-state index contributed by atoms with van der Waals surface area (Å²) in [7, 11) is 1.67. The molecule has 0 spiro atoms. The summed E-state index contributed by atoms with van der Waals surface area (Å²) >= 11 is 6.35. The number of ether oxygens (including phenoxy) is 1. The monoisotopic (exact) mass is 441 g/mol. The lowest BCUT2D eigenvalue weighted by Crippen LogP contribution is -2.55. The van der Waals surface area contributed by atoms with E-state index in [-0.39, 0.29) is 11.6 Å². The molecule has 2 N–H and O–H groups in total. The first-order valence-electron chi connectivity index (χ1n) is 10.6. The molecule has 1 fully saturated rings. The highest BCUT2D eigenvalue weighted by Gasteiger charge is 2.24. The van der Waals surface area contributed by atoms with Gasteiger partial charge in [0.05, 0.1) is 29.1 Å². The maximum atomic E-state index is 13.4. The van der Waals surface area contributed by atoms with Crippen LogP contribution in [0.25, 0.3) is 10.9 Å². The van der Waals surface area contributed by atoms with E-state index in [1.165, 1.54) is 5.56 Å². The smallest absolute Gasteiger partial charge is 0.281 e. The molecule has 1 atom stereocenters. The van der Waals surface area contributed by atoms with Crippen LogP contribution in [0.5, 0.6) is 5.75 Å². The number of benzene rings is 2. The number of fused-ring (bicyclic) bond motifs is 1. The highest BCUT2D eigenvalue weighted by Crippen LogP contribution is 2.22. The second-order valence-electron chi connectivity index (χ2n) is 7.81. The third kappa shape index (κ3) is 4.39. The van der Waals surface area contributed by atoms with Crippen molar-refractivity contribution in [1.29, 1.82) is 0 Å². The minimum absolute atomic E-state index is 0.155. The summed E-state index contributed by atoms with van der Waals surface area (Å²) in [6.45, 7) is 5.93. The van der Waals surface area contributed by atoms with E-state index in [2.05, 4.69) is 17.0 Å². The average Bonchev–Trinajstić information content (AvgIpc) is 2.79. The van der Waals surface area contributed by atoms with Crippen molar-refractivity contribution < 1.29 is 4.74 Å². The Morgan fingerprint density at radius 2 is 1.84 bits per heavy atom. The number of halogens is 1. The fourth-order valence-electron chi connectivity index (χ4n) is 3.98. The first kappa shape index (κ1) is 21.6. The van der Waals surface area contributed by atoms with Gasteiger partial charge in [0.2, 0.25) is 0 Å². The van der Waals surface area contributed by atoms with E-state index in [0.29, 0.717) is 41.3 Å². The number of hydrogen-bond acceptors (Lipinski definition) is 6. The maximum Gasteiger partial charge on any atom is 0.281 e. The Labute approximate surface area is 187 Å². The van der Waals surface area contributed by atoms with Crippen molar-refractivity contribution in [2.75, 3.05) is 38.3 Å². The minimum atomic E-state index is -0.326. The van der Waals surface area contributed by atoms with Gasteiger partial charge in [0.1, 0.15) is 11.6 Å². The molecule has 164 valence electrons. The lowest BCUT2D eigenvalue weighted by atomic mass is 10.2. The fourth-order valence-corrected chi connectivity index (χ4v) is 4.23. The number of hydrogen-bond donors (Lipinski definition) is 1. The standard InChI is InChI=1S/C23H28ClN5O2/c1-3-19(25)22-26-20-6-4-5-18(24)21(20)23(30)29(22)28-13-11-27(12-14-28)15-16-7-9-17(31-2)10-8-16/h4-10,19H,3,11-15,25H2,1-2H3. The van der Waals surface area contributed by atoms with Crippen molar-refractivity contribution in [1.82, 2.24) is 14.6 Å². The van der Waals surface area contributed by atoms with Gasteiger partial charge in [-0.05, 0) is 36.2 Å². The lowest BCUT2D eigenvalue weighted by molar-refractivity contribution is 0.229. The molecule has 3 aromatic rings. The molecule has 31 heavy (non-hydrogen) atoms. The van der Waals surface area contributed by atoms with Gasteiger partial charge in [0.15, 0.2) is 0 Å². The molecule has 4 rings (SSSR count). The van der Waals surface area contributed by atoms with E-state index in [9.17, 15) is 4.79 Å². The van der Waals surface area contributed by atoms with Crippen LogP contribution >= 0.6 is 11.6 Å². The van der Waals surface area contributed by atoms with Crippen molar-refractivity contribution in [3.05, 3.63) is 69.2 Å². The molecule has 1 unspecified atom stereocenters. The zero-order valence-corrected chi connectivity index (χ0v) is 18.7. The minimum Gasteiger partial charge on any atom is -0.497 e. The maximum absolute atomic E-state index is 13.4. The molecular formula is C23H28ClN5O2. The summed E-state index contributed by atoms with van der Waals surface area (Å²) in [5, 5.41) is 2.91. The molecule has 0 saturated carbocycles. The Morgan fingerprint density at radius 1 is 1.13 bits per heavy atom. The van der Waals surface area contributed by atoms with Crippen LogP contribution < -0.4 is 21.0 Å². The van der Waals surface area contributed by atoms with Crippen LogP contribution in [0.4, 0.5) is 0 Å². The first-order chi connectivity index (χ1) is 15.0. The molecule has 1 aliphatic rings. The third-order valence-electron chi connectivity index (χ3n) is 5.82. The molecule has 0 bridgehead atoms. The molecule has 2 aromatic carbocycles. The molecule has 1 aliphatic heterocycles. The van der Waals surface area contributed by atoms with Gasteiger partial charge in [0.25, 0.3) is 5.56 Å². The van der Waals surface area contributed by atoms with Crippen molar-refractivity contribution >= 4 is 22.5 Å². The number of piperazine rings is 1.